The molecular weight excluding hydrogens is 279 g/mol. The van der Waals surface area contributed by atoms with E-state index in [-0.39, 0.29) is 22.5 Å². The molecule has 0 amide bonds. The van der Waals surface area contributed by atoms with E-state index in [9.17, 15) is 4.79 Å². The van der Waals surface area contributed by atoms with Gasteiger partial charge in [0.15, 0.2) is 10.3 Å². The average Bonchev–Trinajstić information content (AvgIpc) is 2.36. The Labute approximate surface area is 115 Å². The normalized spacial score (nSPS) is 10.4. The number of esters is 1. The first-order valence-corrected chi connectivity index (χ1v) is 6.34. The van der Waals surface area contributed by atoms with Crippen LogP contribution in [-0.4, -0.2) is 36.0 Å². The first kappa shape index (κ1) is 15.1. The molecule has 18 heavy (non-hydrogen) atoms. The number of carbonyl (C=O) groups excluding carboxylic acids is 1. The lowest BCUT2D eigenvalue weighted by molar-refractivity contribution is 0.0313. The highest BCUT2D eigenvalue weighted by Gasteiger charge is 2.14. The molecule has 0 aliphatic rings. The summed E-state index contributed by atoms with van der Waals surface area (Å²) in [4.78, 5) is 11.6. The molecule has 0 aliphatic heterocycles. The molecule has 0 radical (unpaired) electrons. The van der Waals surface area contributed by atoms with E-state index in [0.29, 0.717) is 13.2 Å². The molecule has 0 fully saturated rings. The van der Waals surface area contributed by atoms with Crippen molar-refractivity contribution in [3.8, 4) is 0 Å². The van der Waals surface area contributed by atoms with Crippen LogP contribution in [0.25, 0.3) is 0 Å². The topological polar surface area (TPSA) is 61.3 Å². The molecule has 5 nitrogen and oxygen atoms in total. The van der Waals surface area contributed by atoms with Crippen molar-refractivity contribution >= 4 is 29.2 Å². The van der Waals surface area contributed by atoms with Crippen LogP contribution in [0.5, 0.6) is 0 Å². The van der Waals surface area contributed by atoms with Gasteiger partial charge in [0.2, 0.25) is 0 Å². The lowest BCUT2D eigenvalue weighted by atomic mass is 10.3. The smallest absolute Gasteiger partial charge is 0.341 e. The van der Waals surface area contributed by atoms with Crippen LogP contribution in [0.2, 0.25) is 10.3 Å². The number of ether oxygens (including phenoxy) is 2. The Morgan fingerprint density at radius 3 is 2.78 bits per heavy atom. The summed E-state index contributed by atoms with van der Waals surface area (Å²) >= 11 is 11.3. The zero-order chi connectivity index (χ0) is 13.4. The minimum absolute atomic E-state index is 0.0312. The number of nitrogens with zero attached hydrogens (tertiary/aromatic N) is 2. The van der Waals surface area contributed by atoms with Crippen molar-refractivity contribution in [2.75, 3.05) is 19.8 Å². The fraction of sp³-hybridized carbons (Fsp3) is 0.545. The Kier molecular flexibility index (Phi) is 6.93. The standard InChI is InChI=1S/C11H14Cl2N2O3/c1-2-3-4-17-5-6-18-11(16)8-7-9(12)14-15-10(8)13/h7H,2-6H2,1H3. The average molecular weight is 293 g/mol. The number of hydrogen-bond acceptors (Lipinski definition) is 5. The monoisotopic (exact) mass is 292 g/mol. The molecule has 0 unspecified atom stereocenters. The fourth-order valence-electron chi connectivity index (χ4n) is 1.12. The lowest BCUT2D eigenvalue weighted by Crippen LogP contribution is -2.12. The third kappa shape index (κ3) is 5.16. The van der Waals surface area contributed by atoms with E-state index in [1.54, 1.807) is 0 Å². The highest BCUT2D eigenvalue weighted by atomic mass is 35.5. The second kappa shape index (κ2) is 8.24. The molecule has 0 spiro atoms. The molecule has 1 heterocycles. The van der Waals surface area contributed by atoms with Gasteiger partial charge in [-0.1, -0.05) is 36.5 Å². The number of aromatic nitrogens is 2. The number of rotatable bonds is 7. The van der Waals surface area contributed by atoms with Gasteiger partial charge in [-0.2, -0.15) is 0 Å². The first-order valence-electron chi connectivity index (χ1n) is 5.58. The van der Waals surface area contributed by atoms with E-state index in [1.165, 1.54) is 6.07 Å². The highest BCUT2D eigenvalue weighted by Crippen LogP contribution is 2.16. The first-order chi connectivity index (χ1) is 8.65. The van der Waals surface area contributed by atoms with Crippen LogP contribution in [-0.2, 0) is 9.47 Å². The van der Waals surface area contributed by atoms with Gasteiger partial charge in [-0.15, -0.1) is 10.2 Å². The predicted octanol–water partition coefficient (Wildman–Crippen LogP) is 2.76. The van der Waals surface area contributed by atoms with Gasteiger partial charge >= 0.3 is 5.97 Å². The molecular formula is C11H14Cl2N2O3. The van der Waals surface area contributed by atoms with Gasteiger partial charge in [-0.05, 0) is 12.5 Å². The maximum absolute atomic E-state index is 11.6. The molecule has 0 N–H and O–H groups in total. The molecule has 1 aromatic heterocycles. The lowest BCUT2D eigenvalue weighted by Gasteiger charge is -2.06. The highest BCUT2D eigenvalue weighted by molar-refractivity contribution is 6.33. The summed E-state index contributed by atoms with van der Waals surface area (Å²) in [6.07, 6.45) is 2.06. The van der Waals surface area contributed by atoms with Gasteiger partial charge < -0.3 is 9.47 Å². The van der Waals surface area contributed by atoms with E-state index in [0.717, 1.165) is 12.8 Å². The number of hydrogen-bond donors (Lipinski definition) is 0. The molecule has 0 aliphatic carbocycles. The van der Waals surface area contributed by atoms with E-state index in [2.05, 4.69) is 17.1 Å². The van der Waals surface area contributed by atoms with E-state index >= 15 is 0 Å². The van der Waals surface area contributed by atoms with Gasteiger partial charge in [-0.3, -0.25) is 0 Å². The maximum atomic E-state index is 11.6. The molecule has 0 saturated carbocycles. The van der Waals surface area contributed by atoms with Crippen molar-refractivity contribution in [3.05, 3.63) is 21.9 Å². The third-order valence-electron chi connectivity index (χ3n) is 2.04. The van der Waals surface area contributed by atoms with Crippen LogP contribution in [0.15, 0.2) is 6.07 Å². The van der Waals surface area contributed by atoms with Crippen molar-refractivity contribution in [1.29, 1.82) is 0 Å². The van der Waals surface area contributed by atoms with Gasteiger partial charge in [0, 0.05) is 6.61 Å². The summed E-state index contributed by atoms with van der Waals surface area (Å²) in [5.41, 5.74) is 0.102. The fourth-order valence-corrected chi connectivity index (χ4v) is 1.43. The Balaban J connectivity index is 2.34. The number of halogens is 2. The van der Waals surface area contributed by atoms with Crippen molar-refractivity contribution in [3.63, 3.8) is 0 Å². The summed E-state index contributed by atoms with van der Waals surface area (Å²) in [6, 6.07) is 1.32. The largest absolute Gasteiger partial charge is 0.460 e. The quantitative estimate of drug-likeness (QED) is 0.571. The Morgan fingerprint density at radius 2 is 2.06 bits per heavy atom. The SMILES string of the molecule is CCCCOCCOC(=O)c1cc(Cl)nnc1Cl. The molecule has 0 saturated heterocycles. The van der Waals surface area contributed by atoms with Crippen LogP contribution < -0.4 is 0 Å². The second-order valence-electron chi connectivity index (χ2n) is 3.47. The third-order valence-corrected chi connectivity index (χ3v) is 2.51. The van der Waals surface area contributed by atoms with Crippen LogP contribution in [0.3, 0.4) is 0 Å². The molecule has 0 aromatic carbocycles. The van der Waals surface area contributed by atoms with Gasteiger partial charge in [0.05, 0.1) is 6.61 Å². The predicted molar refractivity (Wildman–Crippen MR) is 68.1 cm³/mol. The molecule has 1 aromatic rings. The van der Waals surface area contributed by atoms with Gasteiger partial charge in [0.1, 0.15) is 12.2 Å². The Hall–Kier alpha value is -0.910. The summed E-state index contributed by atoms with van der Waals surface area (Å²) < 4.78 is 10.2. The van der Waals surface area contributed by atoms with Crippen LogP contribution in [0, 0.1) is 0 Å². The molecule has 100 valence electrons. The minimum Gasteiger partial charge on any atom is -0.460 e. The molecule has 7 heteroatoms. The van der Waals surface area contributed by atoms with Crippen LogP contribution in [0.1, 0.15) is 30.1 Å². The number of unbranched alkanes of at least 4 members (excludes halogenated alkanes) is 1. The summed E-state index contributed by atoms with van der Waals surface area (Å²) in [7, 11) is 0. The maximum Gasteiger partial charge on any atom is 0.341 e. The summed E-state index contributed by atoms with van der Waals surface area (Å²) in [5.74, 6) is -0.587. The molecule has 0 atom stereocenters. The van der Waals surface area contributed by atoms with E-state index in [4.69, 9.17) is 32.7 Å². The van der Waals surface area contributed by atoms with Crippen molar-refractivity contribution in [2.45, 2.75) is 19.8 Å². The molecule has 0 bridgehead atoms. The van der Waals surface area contributed by atoms with Gasteiger partial charge in [-0.25, -0.2) is 4.79 Å². The summed E-state index contributed by atoms with van der Waals surface area (Å²) in [5, 5.41) is 7.08. The van der Waals surface area contributed by atoms with Crippen LogP contribution >= 0.6 is 23.2 Å². The zero-order valence-electron chi connectivity index (χ0n) is 9.99. The molecule has 1 rings (SSSR count). The van der Waals surface area contributed by atoms with Crippen LogP contribution in [0.4, 0.5) is 0 Å². The van der Waals surface area contributed by atoms with E-state index in [1.807, 2.05) is 0 Å². The number of carbonyl (C=O) groups is 1. The Morgan fingerprint density at radius 1 is 1.28 bits per heavy atom. The van der Waals surface area contributed by atoms with E-state index < -0.39 is 5.97 Å². The Bertz CT molecular complexity index is 402. The van der Waals surface area contributed by atoms with Crippen molar-refractivity contribution < 1.29 is 14.3 Å². The second-order valence-corrected chi connectivity index (χ2v) is 4.22. The zero-order valence-corrected chi connectivity index (χ0v) is 11.5. The minimum atomic E-state index is -0.587. The van der Waals surface area contributed by atoms with Gasteiger partial charge in [0.25, 0.3) is 0 Å². The van der Waals surface area contributed by atoms with Crippen molar-refractivity contribution in [2.24, 2.45) is 0 Å². The van der Waals surface area contributed by atoms with Crippen molar-refractivity contribution in [1.82, 2.24) is 10.2 Å². The summed E-state index contributed by atoms with van der Waals surface area (Å²) in [6.45, 7) is 3.26.